The third-order valence-corrected chi connectivity index (χ3v) is 8.66. The molecule has 8 nitrogen and oxygen atoms in total. The first-order valence-electron chi connectivity index (χ1n) is 13.4. The van der Waals surface area contributed by atoms with E-state index in [9.17, 15) is 23.9 Å². The highest BCUT2D eigenvalue weighted by Gasteiger charge is 2.51. The summed E-state index contributed by atoms with van der Waals surface area (Å²) in [5.74, 6) is -2.64. The van der Waals surface area contributed by atoms with Gasteiger partial charge in [0.25, 0.3) is 5.91 Å². The molecule has 2 bridgehead atoms. The maximum absolute atomic E-state index is 14.9. The van der Waals surface area contributed by atoms with Crippen molar-refractivity contribution in [2.24, 2.45) is 23.7 Å². The molecule has 3 fully saturated rings. The third-order valence-electron chi connectivity index (χ3n) is 8.42. The molecule has 2 aromatic carbocycles. The van der Waals surface area contributed by atoms with E-state index in [1.54, 1.807) is 24.3 Å². The molecule has 10 heteroatoms. The average molecular weight is 559 g/mol. The first-order valence-corrected chi connectivity index (χ1v) is 13.8. The van der Waals surface area contributed by atoms with Crippen LogP contribution in [0.2, 0.25) is 5.02 Å². The minimum absolute atomic E-state index is 0.0648. The van der Waals surface area contributed by atoms with Crippen LogP contribution in [0.1, 0.15) is 55.3 Å². The molecule has 39 heavy (non-hydrogen) atoms. The SMILES string of the molecule is COc1cc(F)c(OC2CCC(C(=O)O)CC2)cc1C(=O)N[C@@H]1[C@H]2CC[C@H](C2)[C@@H]1C(=O)Nc1cccc(Cl)c1. The Bertz CT molecular complexity index is 1260. The van der Waals surface area contributed by atoms with Gasteiger partial charge < -0.3 is 25.2 Å². The zero-order valence-corrected chi connectivity index (χ0v) is 22.4. The van der Waals surface area contributed by atoms with E-state index in [1.807, 2.05) is 0 Å². The van der Waals surface area contributed by atoms with Gasteiger partial charge in [-0.25, -0.2) is 4.39 Å². The van der Waals surface area contributed by atoms with E-state index in [4.69, 9.17) is 21.1 Å². The molecule has 0 spiro atoms. The number of halogens is 2. The van der Waals surface area contributed by atoms with E-state index < -0.39 is 29.5 Å². The second-order valence-corrected chi connectivity index (χ2v) is 11.2. The number of fused-ring (bicyclic) bond motifs is 2. The van der Waals surface area contributed by atoms with Gasteiger partial charge in [-0.2, -0.15) is 0 Å². The van der Waals surface area contributed by atoms with Crippen molar-refractivity contribution in [1.82, 2.24) is 5.32 Å². The quantitative estimate of drug-likeness (QED) is 0.405. The fourth-order valence-electron chi connectivity index (χ4n) is 6.48. The summed E-state index contributed by atoms with van der Waals surface area (Å²) in [5, 5.41) is 15.7. The van der Waals surface area contributed by atoms with Gasteiger partial charge in [-0.1, -0.05) is 17.7 Å². The number of amides is 2. The molecule has 5 rings (SSSR count). The Hall–Kier alpha value is -3.33. The number of carboxylic acid groups (broad SMARTS) is 1. The molecule has 2 amide bonds. The number of benzene rings is 2. The van der Waals surface area contributed by atoms with Crippen LogP contribution >= 0.6 is 11.6 Å². The predicted octanol–water partition coefficient (Wildman–Crippen LogP) is 5.29. The number of hydrogen-bond acceptors (Lipinski definition) is 5. The molecule has 0 heterocycles. The average Bonchev–Trinajstić information content (AvgIpc) is 3.52. The van der Waals surface area contributed by atoms with E-state index in [-0.39, 0.29) is 47.0 Å². The smallest absolute Gasteiger partial charge is 0.306 e. The number of hydrogen-bond donors (Lipinski definition) is 3. The van der Waals surface area contributed by atoms with Gasteiger partial charge in [0.1, 0.15) is 5.75 Å². The van der Waals surface area contributed by atoms with Crippen molar-refractivity contribution in [1.29, 1.82) is 0 Å². The molecule has 0 unspecified atom stereocenters. The fourth-order valence-corrected chi connectivity index (χ4v) is 6.67. The maximum Gasteiger partial charge on any atom is 0.306 e. The van der Waals surface area contributed by atoms with Crippen LogP contribution in [-0.4, -0.2) is 42.1 Å². The van der Waals surface area contributed by atoms with E-state index in [1.165, 1.54) is 13.2 Å². The Morgan fingerprint density at radius 3 is 2.44 bits per heavy atom. The van der Waals surface area contributed by atoms with E-state index >= 15 is 0 Å². The van der Waals surface area contributed by atoms with Gasteiger partial charge in [0.2, 0.25) is 5.91 Å². The zero-order valence-electron chi connectivity index (χ0n) is 21.6. The highest BCUT2D eigenvalue weighted by molar-refractivity contribution is 6.30. The highest BCUT2D eigenvalue weighted by atomic mass is 35.5. The van der Waals surface area contributed by atoms with Crippen molar-refractivity contribution in [3.8, 4) is 11.5 Å². The molecule has 3 saturated carbocycles. The lowest BCUT2D eigenvalue weighted by Gasteiger charge is -2.31. The van der Waals surface area contributed by atoms with Gasteiger partial charge in [-0.15, -0.1) is 0 Å². The van der Waals surface area contributed by atoms with Gasteiger partial charge >= 0.3 is 5.97 Å². The topological polar surface area (TPSA) is 114 Å². The Morgan fingerprint density at radius 1 is 1.00 bits per heavy atom. The number of carboxylic acids is 1. The largest absolute Gasteiger partial charge is 0.496 e. The molecule has 208 valence electrons. The van der Waals surface area contributed by atoms with Crippen molar-refractivity contribution in [2.45, 2.75) is 57.1 Å². The molecule has 4 atom stereocenters. The lowest BCUT2D eigenvalue weighted by Crippen LogP contribution is -2.48. The summed E-state index contributed by atoms with van der Waals surface area (Å²) in [4.78, 5) is 38.1. The number of carbonyl (C=O) groups is 3. The number of methoxy groups -OCH3 is 1. The second kappa shape index (κ2) is 11.4. The summed E-state index contributed by atoms with van der Waals surface area (Å²) in [5.41, 5.74) is 0.713. The molecular weight excluding hydrogens is 527 g/mol. The van der Waals surface area contributed by atoms with E-state index in [2.05, 4.69) is 10.6 Å². The predicted molar refractivity (Wildman–Crippen MR) is 143 cm³/mol. The van der Waals surface area contributed by atoms with Crippen molar-refractivity contribution >= 4 is 35.1 Å². The number of nitrogens with one attached hydrogen (secondary N) is 2. The van der Waals surface area contributed by atoms with Crippen LogP contribution < -0.4 is 20.1 Å². The van der Waals surface area contributed by atoms with Crippen molar-refractivity contribution in [3.63, 3.8) is 0 Å². The number of aliphatic carboxylic acids is 1. The molecule has 0 radical (unpaired) electrons. The van der Waals surface area contributed by atoms with Crippen molar-refractivity contribution < 1.29 is 33.4 Å². The molecule has 3 N–H and O–H groups in total. The fraction of sp³-hybridized carbons (Fsp3) is 0.483. The second-order valence-electron chi connectivity index (χ2n) is 10.8. The summed E-state index contributed by atoms with van der Waals surface area (Å²) >= 11 is 6.07. The summed E-state index contributed by atoms with van der Waals surface area (Å²) < 4.78 is 26.1. The molecule has 0 saturated heterocycles. The normalized spacial score (nSPS) is 27.6. The van der Waals surface area contributed by atoms with Gasteiger partial charge in [0.05, 0.1) is 30.6 Å². The molecule has 2 aromatic rings. The Kier molecular flexibility index (Phi) is 7.98. The minimum atomic E-state index is -0.830. The van der Waals surface area contributed by atoms with E-state index in [0.29, 0.717) is 36.4 Å². The zero-order chi connectivity index (χ0) is 27.7. The lowest BCUT2D eigenvalue weighted by atomic mass is 9.83. The standard InChI is InChI=1S/C29H32ClFN2O6/c1-38-23-14-22(31)24(39-20-9-7-15(8-10-20)29(36)37)13-21(23)27(34)33-26-17-6-5-16(11-17)25(26)28(35)32-19-4-2-3-18(30)12-19/h2-4,12-17,20,25-26H,5-11H2,1H3,(H,32,35)(H,33,34)(H,36,37)/t15?,16-,17+,20?,25+,26-/m1/s1. The maximum atomic E-state index is 14.9. The number of carbonyl (C=O) groups excluding carboxylic acids is 2. The molecule has 0 aromatic heterocycles. The molecular formula is C29H32ClFN2O6. The number of anilines is 1. The van der Waals surface area contributed by atoms with Crippen LogP contribution in [0.5, 0.6) is 11.5 Å². The summed E-state index contributed by atoms with van der Waals surface area (Å²) in [6, 6.07) is 9.02. The summed E-state index contributed by atoms with van der Waals surface area (Å²) in [6.45, 7) is 0. The van der Waals surface area contributed by atoms with E-state index in [0.717, 1.165) is 25.3 Å². The number of rotatable bonds is 8. The van der Waals surface area contributed by atoms with Crippen molar-refractivity contribution in [2.75, 3.05) is 12.4 Å². The van der Waals surface area contributed by atoms with Gasteiger partial charge in [-0.3, -0.25) is 14.4 Å². The molecule has 3 aliphatic carbocycles. The molecule has 3 aliphatic rings. The van der Waals surface area contributed by atoms with Crippen LogP contribution in [0, 0.1) is 29.5 Å². The first kappa shape index (κ1) is 27.2. The van der Waals surface area contributed by atoms with Gasteiger partial charge in [0.15, 0.2) is 11.6 Å². The minimum Gasteiger partial charge on any atom is -0.496 e. The summed E-state index contributed by atoms with van der Waals surface area (Å²) in [7, 11) is 1.36. The van der Waals surface area contributed by atoms with Crippen LogP contribution in [-0.2, 0) is 9.59 Å². The Labute approximate surface area is 231 Å². The van der Waals surface area contributed by atoms with Crippen LogP contribution in [0.4, 0.5) is 10.1 Å². The van der Waals surface area contributed by atoms with Crippen LogP contribution in [0.3, 0.4) is 0 Å². The highest BCUT2D eigenvalue weighted by Crippen LogP contribution is 2.49. The van der Waals surface area contributed by atoms with Crippen molar-refractivity contribution in [3.05, 3.63) is 52.8 Å². The Morgan fingerprint density at radius 2 is 1.74 bits per heavy atom. The van der Waals surface area contributed by atoms with Crippen LogP contribution in [0.25, 0.3) is 0 Å². The lowest BCUT2D eigenvalue weighted by molar-refractivity contribution is -0.143. The van der Waals surface area contributed by atoms with Gasteiger partial charge in [0, 0.05) is 22.8 Å². The Balaban J connectivity index is 1.31. The number of ether oxygens (including phenoxy) is 2. The molecule has 0 aliphatic heterocycles. The van der Waals surface area contributed by atoms with Gasteiger partial charge in [-0.05, 0) is 81.0 Å². The monoisotopic (exact) mass is 558 g/mol. The summed E-state index contributed by atoms with van der Waals surface area (Å²) in [6.07, 6.45) is 4.23. The first-order chi connectivity index (χ1) is 18.7. The third kappa shape index (κ3) is 5.83. The van der Waals surface area contributed by atoms with Crippen LogP contribution in [0.15, 0.2) is 36.4 Å².